The lowest BCUT2D eigenvalue weighted by Crippen LogP contribution is -2.33. The van der Waals surface area contributed by atoms with Gasteiger partial charge >= 0.3 is 5.97 Å². The number of hydrogen-bond acceptors (Lipinski definition) is 5. The Morgan fingerprint density at radius 2 is 2.20 bits per heavy atom. The lowest BCUT2D eigenvalue weighted by molar-refractivity contribution is 0.0526. The van der Waals surface area contributed by atoms with Gasteiger partial charge in [-0.25, -0.2) is 4.79 Å². The molecule has 0 aliphatic carbocycles. The maximum absolute atomic E-state index is 11.5. The molecule has 1 unspecified atom stereocenters. The molecule has 0 amide bonds. The molecule has 20 heavy (non-hydrogen) atoms. The fourth-order valence-electron chi connectivity index (χ4n) is 2.02. The van der Waals surface area contributed by atoms with Gasteiger partial charge in [0.25, 0.3) is 0 Å². The quantitative estimate of drug-likeness (QED) is 0.816. The number of carbonyl (C=O) groups excluding carboxylic acids is 1. The lowest BCUT2D eigenvalue weighted by Gasteiger charge is -2.22. The second-order valence-corrected chi connectivity index (χ2v) is 5.99. The Hall–Kier alpha value is -1.20. The summed E-state index contributed by atoms with van der Waals surface area (Å²) in [5.41, 5.74) is 0.561. The normalized spacial score (nSPS) is 18.6. The third-order valence-electron chi connectivity index (χ3n) is 3.08. The molecule has 0 radical (unpaired) electrons. The van der Waals surface area contributed by atoms with Gasteiger partial charge in [0.15, 0.2) is 0 Å². The zero-order valence-electron chi connectivity index (χ0n) is 11.8. The van der Waals surface area contributed by atoms with Crippen molar-refractivity contribution >= 4 is 17.7 Å². The molecule has 1 aliphatic rings. The molecule has 1 aliphatic heterocycles. The Morgan fingerprint density at radius 1 is 1.40 bits per heavy atom. The minimum Gasteiger partial charge on any atom is -0.494 e. The molecule has 0 spiro atoms. The van der Waals surface area contributed by atoms with Crippen molar-refractivity contribution in [1.82, 2.24) is 5.32 Å². The van der Waals surface area contributed by atoms with Crippen molar-refractivity contribution in [2.75, 3.05) is 32.1 Å². The molecule has 1 N–H and O–H groups in total. The number of rotatable bonds is 6. The highest BCUT2D eigenvalue weighted by atomic mass is 32.2. The van der Waals surface area contributed by atoms with Crippen molar-refractivity contribution < 1.29 is 14.3 Å². The second-order valence-electron chi connectivity index (χ2n) is 4.58. The number of benzene rings is 1. The van der Waals surface area contributed by atoms with Gasteiger partial charge in [0.05, 0.1) is 18.8 Å². The van der Waals surface area contributed by atoms with Gasteiger partial charge in [-0.15, -0.1) is 0 Å². The maximum Gasteiger partial charge on any atom is 0.338 e. The van der Waals surface area contributed by atoms with Crippen LogP contribution in [0.25, 0.3) is 0 Å². The van der Waals surface area contributed by atoms with Crippen LogP contribution in [0.1, 0.15) is 23.7 Å². The molecule has 1 aromatic carbocycles. The number of ether oxygens (including phenoxy) is 2. The number of nitrogens with one attached hydrogen (secondary N) is 1. The highest BCUT2D eigenvalue weighted by Crippen LogP contribution is 2.18. The second kappa shape index (κ2) is 8.17. The first-order chi connectivity index (χ1) is 9.79. The largest absolute Gasteiger partial charge is 0.494 e. The van der Waals surface area contributed by atoms with Crippen LogP contribution in [-0.4, -0.2) is 43.3 Å². The molecule has 0 bridgehead atoms. The molecule has 110 valence electrons. The summed E-state index contributed by atoms with van der Waals surface area (Å²) in [6.07, 6.45) is 1.04. The topological polar surface area (TPSA) is 47.6 Å². The van der Waals surface area contributed by atoms with Crippen LogP contribution in [0.15, 0.2) is 24.3 Å². The molecule has 1 aromatic rings. The zero-order valence-corrected chi connectivity index (χ0v) is 12.6. The number of esters is 1. The Balaban J connectivity index is 1.74. The zero-order chi connectivity index (χ0) is 14.2. The molecule has 1 fully saturated rings. The first kappa shape index (κ1) is 15.2. The molecule has 1 heterocycles. The van der Waals surface area contributed by atoms with Crippen LogP contribution >= 0.6 is 11.8 Å². The van der Waals surface area contributed by atoms with Crippen LogP contribution in [0.4, 0.5) is 0 Å². The highest BCUT2D eigenvalue weighted by molar-refractivity contribution is 8.00. The highest BCUT2D eigenvalue weighted by Gasteiger charge is 2.13. The van der Waals surface area contributed by atoms with Gasteiger partial charge in [-0.3, -0.25) is 0 Å². The number of carbonyl (C=O) groups is 1. The Morgan fingerprint density at radius 3 is 2.85 bits per heavy atom. The standard InChI is InChI=1S/C15H21NO3S/c1-2-18-15(17)12-3-5-13(6-4-12)19-9-7-14-11-16-8-10-20-14/h3-6,14,16H,2,7-11H2,1H3. The van der Waals surface area contributed by atoms with Crippen LogP contribution in [0.3, 0.4) is 0 Å². The van der Waals surface area contributed by atoms with E-state index >= 15 is 0 Å². The van der Waals surface area contributed by atoms with Crippen molar-refractivity contribution in [2.45, 2.75) is 18.6 Å². The minimum absolute atomic E-state index is 0.288. The van der Waals surface area contributed by atoms with Crippen LogP contribution in [0.5, 0.6) is 5.75 Å². The van der Waals surface area contributed by atoms with Crippen LogP contribution in [-0.2, 0) is 4.74 Å². The first-order valence-corrected chi connectivity index (χ1v) is 8.06. The van der Waals surface area contributed by atoms with Crippen molar-refractivity contribution in [3.05, 3.63) is 29.8 Å². The molecular weight excluding hydrogens is 274 g/mol. The Labute approximate surface area is 124 Å². The van der Waals surface area contributed by atoms with Gasteiger partial charge in [-0.1, -0.05) is 0 Å². The smallest absolute Gasteiger partial charge is 0.338 e. The predicted octanol–water partition coefficient (Wildman–Crippen LogP) is 2.34. The van der Waals surface area contributed by atoms with E-state index in [0.29, 0.717) is 24.0 Å². The summed E-state index contributed by atoms with van der Waals surface area (Å²) in [6, 6.07) is 7.12. The summed E-state index contributed by atoms with van der Waals surface area (Å²) in [5, 5.41) is 4.03. The Bertz CT molecular complexity index is 416. The molecule has 0 aromatic heterocycles. The molecule has 1 saturated heterocycles. The third-order valence-corrected chi connectivity index (χ3v) is 4.39. The van der Waals surface area contributed by atoms with E-state index in [1.165, 1.54) is 5.75 Å². The minimum atomic E-state index is -0.288. The van der Waals surface area contributed by atoms with Gasteiger partial charge in [0.1, 0.15) is 5.75 Å². The third kappa shape index (κ3) is 4.72. The van der Waals surface area contributed by atoms with Gasteiger partial charge < -0.3 is 14.8 Å². The predicted molar refractivity (Wildman–Crippen MR) is 81.6 cm³/mol. The fraction of sp³-hybridized carbons (Fsp3) is 0.533. The van der Waals surface area contributed by atoms with E-state index in [4.69, 9.17) is 9.47 Å². The van der Waals surface area contributed by atoms with Crippen molar-refractivity contribution in [3.63, 3.8) is 0 Å². The monoisotopic (exact) mass is 295 g/mol. The van der Waals surface area contributed by atoms with Gasteiger partial charge in [-0.05, 0) is 37.6 Å². The summed E-state index contributed by atoms with van der Waals surface area (Å²) < 4.78 is 10.6. The molecule has 4 nitrogen and oxygen atoms in total. The summed E-state index contributed by atoms with van der Waals surface area (Å²) in [4.78, 5) is 11.5. The van der Waals surface area contributed by atoms with E-state index in [1.54, 1.807) is 19.1 Å². The Kier molecular flexibility index (Phi) is 6.21. The van der Waals surface area contributed by atoms with Crippen LogP contribution < -0.4 is 10.1 Å². The van der Waals surface area contributed by atoms with E-state index in [-0.39, 0.29) is 5.97 Å². The SMILES string of the molecule is CCOC(=O)c1ccc(OCCC2CNCCS2)cc1. The van der Waals surface area contributed by atoms with Gasteiger partial charge in [0.2, 0.25) is 0 Å². The first-order valence-electron chi connectivity index (χ1n) is 7.02. The fourth-order valence-corrected chi connectivity index (χ4v) is 3.11. The van der Waals surface area contributed by atoms with E-state index in [0.717, 1.165) is 25.3 Å². The number of hydrogen-bond donors (Lipinski definition) is 1. The maximum atomic E-state index is 11.5. The van der Waals surface area contributed by atoms with E-state index < -0.39 is 0 Å². The molecule has 5 heteroatoms. The molecular formula is C15H21NO3S. The van der Waals surface area contributed by atoms with Gasteiger partial charge in [-0.2, -0.15) is 11.8 Å². The summed E-state index contributed by atoms with van der Waals surface area (Å²) in [7, 11) is 0. The number of thioether (sulfide) groups is 1. The summed E-state index contributed by atoms with van der Waals surface area (Å²) in [5.74, 6) is 1.69. The van der Waals surface area contributed by atoms with Crippen LogP contribution in [0, 0.1) is 0 Å². The summed E-state index contributed by atoms with van der Waals surface area (Å²) >= 11 is 2.01. The van der Waals surface area contributed by atoms with E-state index in [2.05, 4.69) is 5.32 Å². The molecule has 1 atom stereocenters. The molecule has 0 saturated carbocycles. The van der Waals surface area contributed by atoms with Crippen molar-refractivity contribution in [1.29, 1.82) is 0 Å². The summed E-state index contributed by atoms with van der Waals surface area (Å²) in [6.45, 7) is 5.07. The van der Waals surface area contributed by atoms with Crippen molar-refractivity contribution in [3.8, 4) is 5.75 Å². The van der Waals surface area contributed by atoms with Gasteiger partial charge in [0, 0.05) is 24.1 Å². The van der Waals surface area contributed by atoms with E-state index in [9.17, 15) is 4.79 Å². The average Bonchev–Trinajstić information content (AvgIpc) is 2.49. The molecule has 2 rings (SSSR count). The van der Waals surface area contributed by atoms with Crippen molar-refractivity contribution in [2.24, 2.45) is 0 Å². The van der Waals surface area contributed by atoms with Crippen LogP contribution in [0.2, 0.25) is 0 Å². The van der Waals surface area contributed by atoms with E-state index in [1.807, 2.05) is 23.9 Å². The average molecular weight is 295 g/mol. The lowest BCUT2D eigenvalue weighted by atomic mass is 10.2.